The number of methoxy groups -OCH3 is 1. The van der Waals surface area contributed by atoms with Gasteiger partial charge in [0, 0.05) is 27.1 Å². The van der Waals surface area contributed by atoms with Crippen LogP contribution in [-0.4, -0.2) is 67.8 Å². The predicted octanol–water partition coefficient (Wildman–Crippen LogP) is -0.738. The van der Waals surface area contributed by atoms with E-state index in [1.54, 1.807) is 0 Å². The largest absolute Gasteiger partial charge is 0.480 e. The third kappa shape index (κ3) is 5.43. The van der Waals surface area contributed by atoms with Crippen LogP contribution in [0.3, 0.4) is 0 Å². The second-order valence-electron chi connectivity index (χ2n) is 4.42. The smallest absolute Gasteiger partial charge is 0.321 e. The SMILES string of the molecule is COCC(C)S(=O)(=O)N(CCNC(C)=O)C(C)C(=O)O. The Morgan fingerprint density at radius 1 is 1.35 bits per heavy atom. The molecule has 0 bridgehead atoms. The minimum absolute atomic E-state index is 0.0364. The number of aliphatic carboxylic acids is 1. The molecule has 2 atom stereocenters. The van der Waals surface area contributed by atoms with Crippen molar-refractivity contribution in [1.82, 2.24) is 9.62 Å². The van der Waals surface area contributed by atoms with Gasteiger partial charge in [-0.2, -0.15) is 4.31 Å². The third-order valence-corrected chi connectivity index (χ3v) is 5.04. The summed E-state index contributed by atoms with van der Waals surface area (Å²) < 4.78 is 30.3. The number of carboxylic acids is 1. The number of sulfonamides is 1. The van der Waals surface area contributed by atoms with Crippen molar-refractivity contribution in [1.29, 1.82) is 0 Å². The first-order valence-electron chi connectivity index (χ1n) is 6.11. The Hall–Kier alpha value is -1.19. The molecule has 0 saturated carbocycles. The van der Waals surface area contributed by atoms with Gasteiger partial charge in [0.15, 0.2) is 0 Å². The number of carboxylic acid groups (broad SMARTS) is 1. The molecule has 9 heteroatoms. The van der Waals surface area contributed by atoms with E-state index >= 15 is 0 Å². The van der Waals surface area contributed by atoms with Gasteiger partial charge in [0.2, 0.25) is 15.9 Å². The van der Waals surface area contributed by atoms with Crippen molar-refractivity contribution in [3.05, 3.63) is 0 Å². The van der Waals surface area contributed by atoms with Gasteiger partial charge >= 0.3 is 5.97 Å². The summed E-state index contributed by atoms with van der Waals surface area (Å²) in [7, 11) is -2.46. The maximum atomic E-state index is 12.3. The predicted molar refractivity (Wildman–Crippen MR) is 72.7 cm³/mol. The Labute approximate surface area is 119 Å². The summed E-state index contributed by atoms with van der Waals surface area (Å²) in [5, 5.41) is 10.6. The minimum Gasteiger partial charge on any atom is -0.480 e. The van der Waals surface area contributed by atoms with Crippen LogP contribution < -0.4 is 5.32 Å². The summed E-state index contributed by atoms with van der Waals surface area (Å²) in [6, 6.07) is -1.21. The molecular formula is C11H22N2O6S. The number of nitrogens with zero attached hydrogens (tertiary/aromatic N) is 1. The number of hydrogen-bond donors (Lipinski definition) is 2. The van der Waals surface area contributed by atoms with Crippen LogP contribution in [0.5, 0.6) is 0 Å². The first kappa shape index (κ1) is 18.8. The maximum absolute atomic E-state index is 12.3. The van der Waals surface area contributed by atoms with E-state index in [1.165, 1.54) is 27.9 Å². The van der Waals surface area contributed by atoms with E-state index in [0.717, 1.165) is 4.31 Å². The molecule has 0 aliphatic rings. The van der Waals surface area contributed by atoms with Gasteiger partial charge in [0.05, 0.1) is 11.9 Å². The molecule has 0 fully saturated rings. The first-order chi connectivity index (χ1) is 9.14. The number of rotatable bonds is 9. The summed E-state index contributed by atoms with van der Waals surface area (Å²) >= 11 is 0. The van der Waals surface area contributed by atoms with E-state index in [4.69, 9.17) is 9.84 Å². The fourth-order valence-corrected chi connectivity index (χ4v) is 3.21. The third-order valence-electron chi connectivity index (χ3n) is 2.73. The Bertz CT molecular complexity index is 436. The van der Waals surface area contributed by atoms with E-state index in [-0.39, 0.29) is 25.6 Å². The van der Waals surface area contributed by atoms with Crippen LogP contribution in [0.25, 0.3) is 0 Å². The molecule has 0 spiro atoms. The molecule has 118 valence electrons. The topological polar surface area (TPSA) is 113 Å². The minimum atomic E-state index is -3.83. The first-order valence-corrected chi connectivity index (χ1v) is 7.61. The summed E-state index contributed by atoms with van der Waals surface area (Å²) in [5.41, 5.74) is 0. The lowest BCUT2D eigenvalue weighted by Gasteiger charge is -2.28. The fourth-order valence-electron chi connectivity index (χ4n) is 1.56. The second-order valence-corrected chi connectivity index (χ2v) is 6.72. The van der Waals surface area contributed by atoms with Crippen LogP contribution in [0.4, 0.5) is 0 Å². The quantitative estimate of drug-likeness (QED) is 0.580. The number of hydrogen-bond acceptors (Lipinski definition) is 5. The van der Waals surface area contributed by atoms with E-state index < -0.39 is 27.3 Å². The lowest BCUT2D eigenvalue weighted by atomic mass is 10.3. The summed E-state index contributed by atoms with van der Waals surface area (Å²) in [4.78, 5) is 21.8. The van der Waals surface area contributed by atoms with E-state index in [2.05, 4.69) is 5.32 Å². The monoisotopic (exact) mass is 310 g/mol. The van der Waals surface area contributed by atoms with E-state index in [9.17, 15) is 18.0 Å². The van der Waals surface area contributed by atoms with Crippen molar-refractivity contribution in [3.63, 3.8) is 0 Å². The average molecular weight is 310 g/mol. The zero-order chi connectivity index (χ0) is 15.9. The standard InChI is InChI=1S/C11H22N2O6S/c1-8(7-19-4)20(17,18)13(9(2)11(15)16)6-5-12-10(3)14/h8-9H,5-7H2,1-4H3,(H,12,14)(H,15,16). The Kier molecular flexibility index (Phi) is 7.69. The second kappa shape index (κ2) is 8.18. The molecule has 1 amide bonds. The van der Waals surface area contributed by atoms with Crippen molar-refractivity contribution < 1.29 is 27.9 Å². The molecule has 0 aromatic heterocycles. The number of carbonyl (C=O) groups excluding carboxylic acids is 1. The highest BCUT2D eigenvalue weighted by Crippen LogP contribution is 2.13. The maximum Gasteiger partial charge on any atom is 0.321 e. The van der Waals surface area contributed by atoms with E-state index in [0.29, 0.717) is 0 Å². The molecular weight excluding hydrogens is 288 g/mol. The van der Waals surface area contributed by atoms with Crippen LogP contribution in [0.1, 0.15) is 20.8 Å². The van der Waals surface area contributed by atoms with Gasteiger partial charge in [-0.05, 0) is 13.8 Å². The molecule has 0 aliphatic heterocycles. The van der Waals surface area contributed by atoms with Crippen LogP contribution in [0.15, 0.2) is 0 Å². The van der Waals surface area contributed by atoms with Crippen molar-refractivity contribution in [2.45, 2.75) is 32.1 Å². The molecule has 2 N–H and O–H groups in total. The summed E-state index contributed by atoms with van der Waals surface area (Å²) in [5.74, 6) is -1.56. The van der Waals surface area contributed by atoms with Gasteiger partial charge in [0.25, 0.3) is 0 Å². The molecule has 0 aliphatic carbocycles. The molecule has 0 heterocycles. The van der Waals surface area contributed by atoms with Gasteiger partial charge in [-0.15, -0.1) is 0 Å². The van der Waals surface area contributed by atoms with Crippen molar-refractivity contribution in [3.8, 4) is 0 Å². The zero-order valence-corrected chi connectivity index (χ0v) is 12.9. The fraction of sp³-hybridized carbons (Fsp3) is 0.818. The molecule has 0 aromatic rings. The number of carbonyl (C=O) groups is 2. The number of nitrogens with one attached hydrogen (secondary N) is 1. The van der Waals surface area contributed by atoms with Crippen LogP contribution in [-0.2, 0) is 24.3 Å². The van der Waals surface area contributed by atoms with Crippen LogP contribution in [0, 0.1) is 0 Å². The lowest BCUT2D eigenvalue weighted by Crippen LogP contribution is -2.50. The molecule has 0 saturated heterocycles. The Balaban J connectivity index is 5.10. The number of ether oxygens (including phenoxy) is 1. The van der Waals surface area contributed by atoms with Gasteiger partial charge in [-0.1, -0.05) is 0 Å². The Morgan fingerprint density at radius 2 is 1.90 bits per heavy atom. The molecule has 20 heavy (non-hydrogen) atoms. The van der Waals surface area contributed by atoms with Crippen molar-refractivity contribution in [2.24, 2.45) is 0 Å². The zero-order valence-electron chi connectivity index (χ0n) is 12.1. The van der Waals surface area contributed by atoms with Gasteiger partial charge in [-0.25, -0.2) is 8.42 Å². The van der Waals surface area contributed by atoms with Gasteiger partial charge < -0.3 is 15.2 Å². The van der Waals surface area contributed by atoms with Gasteiger partial charge in [-0.3, -0.25) is 9.59 Å². The van der Waals surface area contributed by atoms with Crippen LogP contribution >= 0.6 is 0 Å². The van der Waals surface area contributed by atoms with Crippen molar-refractivity contribution >= 4 is 21.9 Å². The molecule has 0 rings (SSSR count). The lowest BCUT2D eigenvalue weighted by molar-refractivity contribution is -0.140. The molecule has 8 nitrogen and oxygen atoms in total. The average Bonchev–Trinajstić information content (AvgIpc) is 2.33. The van der Waals surface area contributed by atoms with Crippen LogP contribution in [0.2, 0.25) is 0 Å². The normalized spacial score (nSPS) is 14.8. The highest BCUT2D eigenvalue weighted by Gasteiger charge is 2.35. The Morgan fingerprint density at radius 3 is 2.30 bits per heavy atom. The number of amides is 1. The summed E-state index contributed by atoms with van der Waals surface area (Å²) in [6.45, 7) is 3.93. The molecule has 0 radical (unpaired) electrons. The highest BCUT2D eigenvalue weighted by atomic mass is 32.2. The van der Waals surface area contributed by atoms with Gasteiger partial charge in [0.1, 0.15) is 6.04 Å². The summed E-state index contributed by atoms with van der Waals surface area (Å²) in [6.07, 6.45) is 0. The molecule has 0 aromatic carbocycles. The molecule has 2 unspecified atom stereocenters. The highest BCUT2D eigenvalue weighted by molar-refractivity contribution is 7.89. The van der Waals surface area contributed by atoms with Crippen molar-refractivity contribution in [2.75, 3.05) is 26.8 Å². The van der Waals surface area contributed by atoms with E-state index in [1.807, 2.05) is 0 Å².